The number of aliphatic hydroxyl groups is 1. The predicted molar refractivity (Wildman–Crippen MR) is 153 cm³/mol. The number of likely N-dealkylation sites (tertiary alicyclic amines) is 1. The average Bonchev–Trinajstić information content (AvgIpc) is 3.67. The second kappa shape index (κ2) is 8.99. The third-order valence-corrected chi connectivity index (χ3v) is 11.0. The molecule has 0 bridgehead atoms. The van der Waals surface area contributed by atoms with Crippen LogP contribution in [0.2, 0.25) is 0 Å². The van der Waals surface area contributed by atoms with E-state index in [1.807, 2.05) is 44.3 Å². The standard InChI is InChI=1S/C34H40N2O4/c1-20-6-5-7-23(16-20)10-13-29(38)35(4)27-14-15-33(39)22(3)36(18-24-8-9-24)19-26-21(2)17-25-11-12-28(37)31-30(25)34(26,33)32(27)40-31/h5-7,11-12,16,21-22,24,26-27,32,37,39H,8-9,14-15,17-19H2,1-4H3/t21-,22+,26?,27?,32-,33?,34-/m0/s1. The fourth-order valence-electron chi connectivity index (χ4n) is 8.88. The summed E-state index contributed by atoms with van der Waals surface area (Å²) in [5.74, 6) is 7.51. The van der Waals surface area contributed by atoms with Crippen molar-refractivity contribution in [3.8, 4) is 23.3 Å². The Kier molecular flexibility index (Phi) is 5.83. The molecule has 1 amide bonds. The Hall–Kier alpha value is -3.01. The maximum atomic E-state index is 13.5. The lowest BCUT2D eigenvalue weighted by Crippen LogP contribution is -2.80. The second-order valence-electron chi connectivity index (χ2n) is 13.3. The number of phenols is 1. The van der Waals surface area contributed by atoms with Crippen LogP contribution in [0.5, 0.6) is 11.5 Å². The van der Waals surface area contributed by atoms with Crippen LogP contribution < -0.4 is 4.74 Å². The van der Waals surface area contributed by atoms with Crippen LogP contribution in [0.3, 0.4) is 0 Å². The molecule has 7 rings (SSSR count). The lowest BCUT2D eigenvalue weighted by molar-refractivity contribution is -0.222. The van der Waals surface area contributed by atoms with Gasteiger partial charge in [-0.2, -0.15) is 0 Å². The van der Waals surface area contributed by atoms with Crippen LogP contribution in [0.15, 0.2) is 36.4 Å². The number of piperidine rings is 1. The molecule has 5 aliphatic rings. The molecule has 7 atom stereocenters. The van der Waals surface area contributed by atoms with Gasteiger partial charge in [0.1, 0.15) is 6.10 Å². The SMILES string of the molecule is Cc1cccc(C#CC(=O)N(C)C2CCC3(O)[C@@H](C)N(CC4CC4)CC4[C@@H](C)Cc5ccc(O)c6c5[C@]43[C@H]2O6)c1. The Balaban J connectivity index is 1.32. The van der Waals surface area contributed by atoms with Crippen LogP contribution in [0.25, 0.3) is 0 Å². The molecular weight excluding hydrogens is 500 g/mol. The molecule has 6 heteroatoms. The Morgan fingerprint density at radius 1 is 1.20 bits per heavy atom. The van der Waals surface area contributed by atoms with E-state index in [9.17, 15) is 15.0 Å². The molecule has 0 aromatic heterocycles. The van der Waals surface area contributed by atoms with Crippen molar-refractivity contribution >= 4 is 5.91 Å². The molecule has 2 aromatic rings. The number of carbonyl (C=O) groups excluding carboxylic acids is 1. The van der Waals surface area contributed by atoms with Crippen LogP contribution in [0.4, 0.5) is 0 Å². The summed E-state index contributed by atoms with van der Waals surface area (Å²) in [7, 11) is 1.82. The number of amides is 1. The first-order chi connectivity index (χ1) is 19.1. The average molecular weight is 541 g/mol. The van der Waals surface area contributed by atoms with Crippen LogP contribution in [-0.4, -0.2) is 69.8 Å². The van der Waals surface area contributed by atoms with Gasteiger partial charge in [0, 0.05) is 43.2 Å². The summed E-state index contributed by atoms with van der Waals surface area (Å²) >= 11 is 0. The van der Waals surface area contributed by atoms with Gasteiger partial charge in [0.05, 0.1) is 17.1 Å². The van der Waals surface area contributed by atoms with E-state index in [0.717, 1.165) is 47.7 Å². The van der Waals surface area contributed by atoms with Crippen molar-refractivity contribution in [2.45, 2.75) is 82.1 Å². The van der Waals surface area contributed by atoms with Crippen molar-refractivity contribution in [1.29, 1.82) is 0 Å². The van der Waals surface area contributed by atoms with E-state index in [4.69, 9.17) is 4.74 Å². The number of aromatic hydroxyl groups is 1. The van der Waals surface area contributed by atoms with Gasteiger partial charge >= 0.3 is 0 Å². The van der Waals surface area contributed by atoms with Crippen LogP contribution >= 0.6 is 0 Å². The zero-order chi connectivity index (χ0) is 28.0. The maximum absolute atomic E-state index is 13.5. The molecule has 2 aromatic carbocycles. The highest BCUT2D eigenvalue weighted by Crippen LogP contribution is 2.68. The van der Waals surface area contributed by atoms with Gasteiger partial charge in [-0.15, -0.1) is 0 Å². The van der Waals surface area contributed by atoms with Gasteiger partial charge < -0.3 is 19.8 Å². The molecule has 6 nitrogen and oxygen atoms in total. The molecule has 3 fully saturated rings. The summed E-state index contributed by atoms with van der Waals surface area (Å²) < 4.78 is 6.78. The highest BCUT2D eigenvalue weighted by atomic mass is 16.5. The number of aryl methyl sites for hydroxylation is 1. The molecular formula is C34H40N2O4. The van der Waals surface area contributed by atoms with E-state index in [2.05, 4.69) is 30.6 Å². The first kappa shape index (κ1) is 25.9. The number of carbonyl (C=O) groups is 1. The third-order valence-electron chi connectivity index (χ3n) is 11.0. The zero-order valence-corrected chi connectivity index (χ0v) is 24.0. The normalized spacial score (nSPS) is 35.6. The van der Waals surface area contributed by atoms with Gasteiger partial charge in [0.25, 0.3) is 5.91 Å². The molecule has 40 heavy (non-hydrogen) atoms. The number of phenolic OH excluding ortho intramolecular Hbond substituents is 1. The Bertz CT molecular complexity index is 1440. The van der Waals surface area contributed by atoms with Crippen LogP contribution in [0, 0.1) is 36.5 Å². The predicted octanol–water partition coefficient (Wildman–Crippen LogP) is 4.03. The van der Waals surface area contributed by atoms with Gasteiger partial charge in [-0.25, -0.2) is 0 Å². The van der Waals surface area contributed by atoms with Gasteiger partial charge in [-0.1, -0.05) is 31.0 Å². The largest absolute Gasteiger partial charge is 0.504 e. The number of hydrogen-bond donors (Lipinski definition) is 2. The first-order valence-electron chi connectivity index (χ1n) is 15.0. The molecule has 0 radical (unpaired) electrons. The number of rotatable bonds is 3. The molecule has 2 aliphatic heterocycles. The van der Waals surface area contributed by atoms with Gasteiger partial charge in [0.15, 0.2) is 11.5 Å². The molecule has 1 saturated heterocycles. The second-order valence-corrected chi connectivity index (χ2v) is 13.3. The summed E-state index contributed by atoms with van der Waals surface area (Å²) in [6.07, 6.45) is 4.18. The highest BCUT2D eigenvalue weighted by Gasteiger charge is 2.75. The molecule has 210 valence electrons. The summed E-state index contributed by atoms with van der Waals surface area (Å²) in [4.78, 5) is 17.8. The van der Waals surface area contributed by atoms with Gasteiger partial charge in [0.2, 0.25) is 0 Å². The van der Waals surface area contributed by atoms with E-state index >= 15 is 0 Å². The number of benzene rings is 2. The van der Waals surface area contributed by atoms with Crippen molar-refractivity contribution in [3.63, 3.8) is 0 Å². The third kappa shape index (κ3) is 3.53. The smallest absolute Gasteiger partial charge is 0.298 e. The Morgan fingerprint density at radius 2 is 2.00 bits per heavy atom. The molecule has 2 N–H and O–H groups in total. The van der Waals surface area contributed by atoms with E-state index in [0.29, 0.717) is 24.5 Å². The summed E-state index contributed by atoms with van der Waals surface area (Å²) in [5.41, 5.74) is 2.34. The van der Waals surface area contributed by atoms with Gasteiger partial charge in [-0.3, -0.25) is 9.69 Å². The molecule has 1 spiro atoms. The minimum absolute atomic E-state index is 0.0510. The molecule has 2 saturated carbocycles. The van der Waals surface area contributed by atoms with Crippen LogP contribution in [-0.2, 0) is 16.6 Å². The molecule has 2 heterocycles. The fraction of sp³-hybridized carbons (Fsp3) is 0.559. The number of nitrogens with zero attached hydrogens (tertiary/aromatic N) is 2. The summed E-state index contributed by atoms with van der Waals surface area (Å²) in [5, 5.41) is 24.0. The lowest BCUT2D eigenvalue weighted by atomic mass is 9.44. The minimum Gasteiger partial charge on any atom is -0.504 e. The zero-order valence-electron chi connectivity index (χ0n) is 24.0. The summed E-state index contributed by atoms with van der Waals surface area (Å²) in [6, 6.07) is 11.3. The van der Waals surface area contributed by atoms with Crippen molar-refractivity contribution < 1.29 is 19.7 Å². The van der Waals surface area contributed by atoms with Crippen molar-refractivity contribution in [1.82, 2.24) is 9.80 Å². The number of ether oxygens (including phenoxy) is 1. The van der Waals surface area contributed by atoms with Crippen molar-refractivity contribution in [3.05, 3.63) is 58.7 Å². The van der Waals surface area contributed by atoms with E-state index in [1.165, 1.54) is 12.8 Å². The number of hydrogen-bond acceptors (Lipinski definition) is 5. The van der Waals surface area contributed by atoms with E-state index in [1.54, 1.807) is 11.0 Å². The minimum atomic E-state index is -1.04. The Labute approximate surface area is 237 Å². The Morgan fingerprint density at radius 3 is 2.75 bits per heavy atom. The van der Waals surface area contributed by atoms with E-state index in [-0.39, 0.29) is 29.7 Å². The topological polar surface area (TPSA) is 73.2 Å². The quantitative estimate of drug-likeness (QED) is 0.576. The molecule has 3 aliphatic carbocycles. The lowest BCUT2D eigenvalue weighted by Gasteiger charge is -2.67. The van der Waals surface area contributed by atoms with E-state index < -0.39 is 17.1 Å². The fourth-order valence-corrected chi connectivity index (χ4v) is 8.88. The first-order valence-corrected chi connectivity index (χ1v) is 15.0. The number of likely N-dealkylation sites (N-methyl/N-ethyl adjacent to an activating group) is 1. The molecule has 3 unspecified atom stereocenters. The monoisotopic (exact) mass is 540 g/mol. The van der Waals surface area contributed by atoms with Crippen molar-refractivity contribution in [2.75, 3.05) is 20.1 Å². The van der Waals surface area contributed by atoms with Crippen molar-refractivity contribution in [2.24, 2.45) is 17.8 Å². The van der Waals surface area contributed by atoms with Gasteiger partial charge in [-0.05, 0) is 93.0 Å². The maximum Gasteiger partial charge on any atom is 0.298 e. The summed E-state index contributed by atoms with van der Waals surface area (Å²) in [6.45, 7) is 8.44. The highest BCUT2D eigenvalue weighted by molar-refractivity contribution is 5.94. The van der Waals surface area contributed by atoms with Crippen LogP contribution in [0.1, 0.15) is 61.8 Å².